The molecule has 2 bridgehead atoms. The number of hydrogen-bond acceptors (Lipinski definition) is 2. The van der Waals surface area contributed by atoms with Gasteiger partial charge in [0.15, 0.2) is 0 Å². The molecule has 3 aliphatic carbocycles. The Morgan fingerprint density at radius 2 is 2.11 bits per heavy atom. The molecule has 0 amide bonds. The average molecular weight is 243 g/mol. The van der Waals surface area contributed by atoms with E-state index in [1.807, 2.05) is 12.3 Å². The van der Waals surface area contributed by atoms with E-state index in [-0.39, 0.29) is 0 Å². The largest absolute Gasteiger partial charge is 0.299 e. The fraction of sp³-hybridized carbons (Fsp3) is 0.625. The number of carbonyl (C=O) groups is 1. The summed E-state index contributed by atoms with van der Waals surface area (Å²) in [6.07, 6.45) is 8.90. The van der Waals surface area contributed by atoms with Crippen molar-refractivity contribution in [3.63, 3.8) is 0 Å². The van der Waals surface area contributed by atoms with Gasteiger partial charge in [0.05, 0.1) is 0 Å². The van der Waals surface area contributed by atoms with Crippen LogP contribution in [0.4, 0.5) is 0 Å². The molecule has 2 unspecified atom stereocenters. The maximum atomic E-state index is 12.2. The lowest BCUT2D eigenvalue weighted by atomic mass is 9.54. The highest BCUT2D eigenvalue weighted by molar-refractivity contribution is 5.81. The van der Waals surface area contributed by atoms with Gasteiger partial charge in [-0.05, 0) is 55.1 Å². The standard InChI is InChI=1S/C16H21NO/c1-11-13-7-14(11)9-15(8-13)16(18)5-4-12-3-2-6-17-10-12/h2-3,6,10-11,13-15H,4-5,7-9H2,1H3. The van der Waals surface area contributed by atoms with Crippen LogP contribution in [0.2, 0.25) is 0 Å². The third kappa shape index (κ3) is 2.21. The van der Waals surface area contributed by atoms with Gasteiger partial charge in [0.1, 0.15) is 5.78 Å². The number of hydrogen-bond donors (Lipinski definition) is 0. The van der Waals surface area contributed by atoms with Gasteiger partial charge in [-0.2, -0.15) is 0 Å². The van der Waals surface area contributed by atoms with E-state index in [0.29, 0.717) is 18.1 Å². The Morgan fingerprint density at radius 1 is 1.33 bits per heavy atom. The summed E-state index contributed by atoms with van der Waals surface area (Å²) in [6, 6.07) is 4.00. The molecular weight excluding hydrogens is 222 g/mol. The first-order valence-electron chi connectivity index (χ1n) is 7.15. The van der Waals surface area contributed by atoms with Crippen LogP contribution in [-0.4, -0.2) is 10.8 Å². The SMILES string of the molecule is CC1C2CC(C(=O)CCc3cccnc3)CC1C2. The fourth-order valence-corrected chi connectivity index (χ4v) is 3.74. The van der Waals surface area contributed by atoms with Crippen molar-refractivity contribution in [1.29, 1.82) is 0 Å². The number of aromatic nitrogens is 1. The second-order valence-corrected chi connectivity index (χ2v) is 6.11. The van der Waals surface area contributed by atoms with Crippen LogP contribution in [0.25, 0.3) is 0 Å². The lowest BCUT2D eigenvalue weighted by Crippen LogP contribution is -2.44. The Labute approximate surface area is 109 Å². The molecular formula is C16H21NO. The third-order valence-electron chi connectivity index (χ3n) is 5.11. The summed E-state index contributed by atoms with van der Waals surface area (Å²) in [5.74, 6) is 3.42. The van der Waals surface area contributed by atoms with Crippen LogP contribution in [-0.2, 0) is 11.2 Å². The summed E-state index contributed by atoms with van der Waals surface area (Å²) in [5.41, 5.74) is 1.18. The van der Waals surface area contributed by atoms with Crippen LogP contribution in [0.1, 0.15) is 38.2 Å². The van der Waals surface area contributed by atoms with Gasteiger partial charge in [0, 0.05) is 24.7 Å². The van der Waals surface area contributed by atoms with Gasteiger partial charge in [-0.1, -0.05) is 13.0 Å². The molecule has 0 aliphatic heterocycles. The number of ketones is 1. The Morgan fingerprint density at radius 3 is 2.72 bits per heavy atom. The number of carbonyl (C=O) groups excluding carboxylic acids is 1. The zero-order chi connectivity index (χ0) is 12.5. The zero-order valence-electron chi connectivity index (χ0n) is 11.0. The van der Waals surface area contributed by atoms with Crippen molar-refractivity contribution >= 4 is 5.78 Å². The number of pyridine rings is 1. The summed E-state index contributed by atoms with van der Waals surface area (Å²) in [5, 5.41) is 0. The molecule has 3 aliphatic rings. The Bertz CT molecular complexity index is 416. The van der Waals surface area contributed by atoms with E-state index in [9.17, 15) is 4.79 Å². The van der Waals surface area contributed by atoms with Gasteiger partial charge in [0.2, 0.25) is 0 Å². The summed E-state index contributed by atoms with van der Waals surface area (Å²) in [4.78, 5) is 16.3. The molecule has 18 heavy (non-hydrogen) atoms. The monoisotopic (exact) mass is 243 g/mol. The van der Waals surface area contributed by atoms with Crippen LogP contribution in [0.3, 0.4) is 0 Å². The molecule has 3 fully saturated rings. The molecule has 4 rings (SSSR count). The second-order valence-electron chi connectivity index (χ2n) is 6.11. The van der Waals surface area contributed by atoms with Gasteiger partial charge in [0.25, 0.3) is 0 Å². The molecule has 1 heterocycles. The van der Waals surface area contributed by atoms with Crippen molar-refractivity contribution in [3.05, 3.63) is 30.1 Å². The first-order valence-corrected chi connectivity index (χ1v) is 7.15. The zero-order valence-corrected chi connectivity index (χ0v) is 11.0. The van der Waals surface area contributed by atoms with Crippen LogP contribution < -0.4 is 0 Å². The number of Topliss-reactive ketones (excluding diaryl/α,β-unsaturated/α-hetero) is 1. The quantitative estimate of drug-likeness (QED) is 0.812. The normalized spacial score (nSPS) is 33.8. The van der Waals surface area contributed by atoms with Crippen LogP contribution >= 0.6 is 0 Å². The molecule has 1 aromatic heterocycles. The third-order valence-corrected chi connectivity index (χ3v) is 5.11. The molecule has 96 valence electrons. The maximum Gasteiger partial charge on any atom is 0.136 e. The highest BCUT2D eigenvalue weighted by atomic mass is 16.1. The minimum absolute atomic E-state index is 0.363. The molecule has 0 N–H and O–H groups in total. The first kappa shape index (κ1) is 11.9. The second kappa shape index (κ2) is 4.83. The molecule has 3 saturated carbocycles. The number of nitrogens with zero attached hydrogens (tertiary/aromatic N) is 1. The van der Waals surface area contributed by atoms with Crippen molar-refractivity contribution < 1.29 is 4.79 Å². The van der Waals surface area contributed by atoms with Crippen LogP contribution in [0, 0.1) is 23.7 Å². The van der Waals surface area contributed by atoms with Gasteiger partial charge < -0.3 is 0 Å². The molecule has 0 radical (unpaired) electrons. The van der Waals surface area contributed by atoms with Crippen molar-refractivity contribution in [3.8, 4) is 0 Å². The summed E-state index contributed by atoms with van der Waals surface area (Å²) in [7, 11) is 0. The summed E-state index contributed by atoms with van der Waals surface area (Å²) < 4.78 is 0. The minimum atomic E-state index is 0.363. The minimum Gasteiger partial charge on any atom is -0.299 e. The first-order chi connectivity index (χ1) is 8.74. The van der Waals surface area contributed by atoms with Crippen molar-refractivity contribution in [2.24, 2.45) is 23.7 Å². The predicted octanol–water partition coefficient (Wildman–Crippen LogP) is 3.27. The highest BCUT2D eigenvalue weighted by Gasteiger charge is 2.45. The van der Waals surface area contributed by atoms with Gasteiger partial charge in [-0.15, -0.1) is 0 Å². The molecule has 2 heteroatoms. The van der Waals surface area contributed by atoms with Crippen LogP contribution in [0.5, 0.6) is 0 Å². The fourth-order valence-electron chi connectivity index (χ4n) is 3.74. The Balaban J connectivity index is 1.51. The topological polar surface area (TPSA) is 30.0 Å². The molecule has 2 atom stereocenters. The summed E-state index contributed by atoms with van der Waals surface area (Å²) in [6.45, 7) is 2.36. The predicted molar refractivity (Wildman–Crippen MR) is 71.1 cm³/mol. The van der Waals surface area contributed by atoms with E-state index in [2.05, 4.69) is 18.0 Å². The molecule has 0 aromatic carbocycles. The van der Waals surface area contributed by atoms with E-state index in [1.54, 1.807) is 6.20 Å². The number of fused-ring (bicyclic) bond motifs is 2. The van der Waals surface area contributed by atoms with Gasteiger partial charge in [-0.3, -0.25) is 9.78 Å². The molecule has 0 spiro atoms. The Hall–Kier alpha value is -1.18. The maximum absolute atomic E-state index is 12.2. The highest BCUT2D eigenvalue weighted by Crippen LogP contribution is 2.52. The van der Waals surface area contributed by atoms with Gasteiger partial charge in [-0.25, -0.2) is 0 Å². The van der Waals surface area contributed by atoms with Crippen molar-refractivity contribution in [1.82, 2.24) is 4.98 Å². The number of aryl methyl sites for hydroxylation is 1. The molecule has 1 aromatic rings. The molecule has 2 nitrogen and oxygen atoms in total. The smallest absolute Gasteiger partial charge is 0.136 e. The van der Waals surface area contributed by atoms with E-state index in [1.165, 1.54) is 12.0 Å². The Kier molecular flexibility index (Phi) is 3.19. The molecule has 0 saturated heterocycles. The average Bonchev–Trinajstić information content (AvgIpc) is 2.45. The van der Waals surface area contributed by atoms with E-state index in [4.69, 9.17) is 0 Å². The lowest BCUT2D eigenvalue weighted by molar-refractivity contribution is -0.129. The summed E-state index contributed by atoms with van der Waals surface area (Å²) >= 11 is 0. The van der Waals surface area contributed by atoms with Crippen LogP contribution in [0.15, 0.2) is 24.5 Å². The van der Waals surface area contributed by atoms with Crippen molar-refractivity contribution in [2.45, 2.75) is 39.0 Å². The van der Waals surface area contributed by atoms with Crippen molar-refractivity contribution in [2.75, 3.05) is 0 Å². The number of rotatable bonds is 4. The van der Waals surface area contributed by atoms with E-state index in [0.717, 1.165) is 37.0 Å². The van der Waals surface area contributed by atoms with E-state index >= 15 is 0 Å². The lowest BCUT2D eigenvalue weighted by Gasteiger charge is -2.50. The van der Waals surface area contributed by atoms with E-state index < -0.39 is 0 Å². The van der Waals surface area contributed by atoms with Gasteiger partial charge >= 0.3 is 0 Å².